The van der Waals surface area contributed by atoms with Gasteiger partial charge in [-0.05, 0) is 26.0 Å². The molecule has 0 aliphatic heterocycles. The van der Waals surface area contributed by atoms with E-state index < -0.39 is 0 Å². The van der Waals surface area contributed by atoms with Gasteiger partial charge in [0.1, 0.15) is 0 Å². The molecule has 1 aromatic rings. The number of nitrogens with one attached hydrogen (secondary N) is 2. The molecule has 19 heavy (non-hydrogen) atoms. The number of rotatable bonds is 6. The highest BCUT2D eigenvalue weighted by molar-refractivity contribution is 5.85. The molecule has 1 rings (SSSR count). The van der Waals surface area contributed by atoms with Crippen molar-refractivity contribution in [2.24, 2.45) is 5.41 Å². The number of likely N-dealkylation sites (N-methyl/N-ethyl adjacent to an activating group) is 1. The predicted octanol–water partition coefficient (Wildman–Crippen LogP) is 2.40. The molecule has 0 spiro atoms. The van der Waals surface area contributed by atoms with E-state index in [9.17, 15) is 4.79 Å². The number of carbonyl (C=O) groups is 1. The number of amides is 1. The van der Waals surface area contributed by atoms with E-state index in [1.807, 2.05) is 46.0 Å². The molecule has 0 aliphatic carbocycles. The summed E-state index contributed by atoms with van der Waals surface area (Å²) in [5.74, 6) is 0.105. The minimum absolute atomic E-state index is 0. The third-order valence-corrected chi connectivity index (χ3v) is 3.17. The first-order valence-corrected chi connectivity index (χ1v) is 6.45. The number of hydrogen-bond donors (Lipinski definition) is 2. The van der Waals surface area contributed by atoms with Gasteiger partial charge in [-0.2, -0.15) is 0 Å². The Bertz CT molecular complexity index is 379. The largest absolute Gasteiger partial charge is 0.354 e. The van der Waals surface area contributed by atoms with Crippen LogP contribution in [0.3, 0.4) is 0 Å². The van der Waals surface area contributed by atoms with Gasteiger partial charge in [0.05, 0.1) is 0 Å². The van der Waals surface area contributed by atoms with E-state index in [4.69, 9.17) is 0 Å². The minimum Gasteiger partial charge on any atom is -0.354 e. The molecule has 0 heterocycles. The summed E-state index contributed by atoms with van der Waals surface area (Å²) in [6, 6.07) is 10.4. The van der Waals surface area contributed by atoms with Crippen molar-refractivity contribution >= 4 is 18.3 Å². The van der Waals surface area contributed by atoms with Crippen molar-refractivity contribution in [2.75, 3.05) is 13.6 Å². The van der Waals surface area contributed by atoms with Gasteiger partial charge in [0.15, 0.2) is 0 Å². The number of hydrogen-bond acceptors (Lipinski definition) is 2. The lowest BCUT2D eigenvalue weighted by molar-refractivity contribution is -0.129. The summed E-state index contributed by atoms with van der Waals surface area (Å²) in [6.45, 7) is 6.68. The topological polar surface area (TPSA) is 41.1 Å². The number of benzene rings is 1. The molecule has 2 N–H and O–H groups in total. The van der Waals surface area contributed by atoms with Gasteiger partial charge < -0.3 is 10.6 Å². The molecule has 3 nitrogen and oxygen atoms in total. The van der Waals surface area contributed by atoms with Crippen molar-refractivity contribution in [3.05, 3.63) is 35.9 Å². The summed E-state index contributed by atoms with van der Waals surface area (Å²) >= 11 is 0. The Morgan fingerprint density at radius 1 is 1.26 bits per heavy atom. The van der Waals surface area contributed by atoms with Gasteiger partial charge in [-0.3, -0.25) is 4.79 Å². The van der Waals surface area contributed by atoms with Gasteiger partial charge in [0.25, 0.3) is 0 Å². The van der Waals surface area contributed by atoms with E-state index >= 15 is 0 Å². The molecule has 1 atom stereocenters. The molecule has 0 aromatic heterocycles. The lowest BCUT2D eigenvalue weighted by atomic mass is 9.85. The van der Waals surface area contributed by atoms with Crippen LogP contribution in [-0.2, 0) is 11.2 Å². The van der Waals surface area contributed by atoms with Crippen LogP contribution in [0, 0.1) is 5.41 Å². The van der Waals surface area contributed by atoms with Crippen molar-refractivity contribution in [3.63, 3.8) is 0 Å². The van der Waals surface area contributed by atoms with E-state index in [0.29, 0.717) is 12.6 Å². The predicted molar refractivity (Wildman–Crippen MR) is 82.7 cm³/mol. The molecular formula is C15H25ClN2O. The first-order chi connectivity index (χ1) is 8.45. The van der Waals surface area contributed by atoms with E-state index in [0.717, 1.165) is 6.42 Å². The Morgan fingerprint density at radius 3 is 2.37 bits per heavy atom. The van der Waals surface area contributed by atoms with Crippen LogP contribution in [0.4, 0.5) is 0 Å². The van der Waals surface area contributed by atoms with E-state index in [2.05, 4.69) is 22.8 Å². The average Bonchev–Trinajstić information content (AvgIpc) is 2.36. The molecule has 1 aromatic carbocycles. The smallest absolute Gasteiger partial charge is 0.226 e. The third kappa shape index (κ3) is 6.08. The fourth-order valence-electron chi connectivity index (χ4n) is 1.77. The Hall–Kier alpha value is -1.06. The third-order valence-electron chi connectivity index (χ3n) is 3.17. The monoisotopic (exact) mass is 284 g/mol. The van der Waals surface area contributed by atoms with Crippen LogP contribution in [0.1, 0.15) is 26.3 Å². The zero-order valence-corrected chi connectivity index (χ0v) is 13.0. The van der Waals surface area contributed by atoms with Gasteiger partial charge in [0, 0.05) is 18.0 Å². The second-order valence-corrected chi connectivity index (χ2v) is 5.45. The van der Waals surface area contributed by atoms with Gasteiger partial charge in [-0.1, -0.05) is 44.2 Å². The first kappa shape index (κ1) is 17.9. The van der Waals surface area contributed by atoms with Gasteiger partial charge >= 0.3 is 0 Å². The maximum Gasteiger partial charge on any atom is 0.226 e. The van der Waals surface area contributed by atoms with E-state index in [1.54, 1.807) is 0 Å². The van der Waals surface area contributed by atoms with Crippen molar-refractivity contribution in [3.8, 4) is 0 Å². The fourth-order valence-corrected chi connectivity index (χ4v) is 1.77. The quantitative estimate of drug-likeness (QED) is 0.842. The van der Waals surface area contributed by atoms with Crippen LogP contribution in [0.2, 0.25) is 0 Å². The SMILES string of the molecule is CNC(C)CNC(=O)C(C)(C)Cc1ccccc1.Cl. The standard InChI is InChI=1S/C15H24N2O.ClH/c1-12(16-4)11-17-14(18)15(2,3)10-13-8-6-5-7-9-13;/h5-9,12,16H,10-11H2,1-4H3,(H,17,18);1H. The van der Waals surface area contributed by atoms with Crippen LogP contribution in [0.15, 0.2) is 30.3 Å². The summed E-state index contributed by atoms with van der Waals surface area (Å²) in [5, 5.41) is 6.10. The number of halogens is 1. The van der Waals surface area contributed by atoms with Gasteiger partial charge in [0.2, 0.25) is 5.91 Å². The summed E-state index contributed by atoms with van der Waals surface area (Å²) in [6.07, 6.45) is 0.758. The average molecular weight is 285 g/mol. The zero-order valence-electron chi connectivity index (χ0n) is 12.2. The second kappa shape index (κ2) is 8.18. The molecule has 108 valence electrons. The highest BCUT2D eigenvalue weighted by Gasteiger charge is 2.27. The van der Waals surface area contributed by atoms with Crippen molar-refractivity contribution in [1.82, 2.24) is 10.6 Å². The minimum atomic E-state index is -0.380. The highest BCUT2D eigenvalue weighted by atomic mass is 35.5. The lowest BCUT2D eigenvalue weighted by Crippen LogP contribution is -2.43. The fraction of sp³-hybridized carbons (Fsp3) is 0.533. The molecule has 0 saturated carbocycles. The van der Waals surface area contributed by atoms with E-state index in [-0.39, 0.29) is 23.7 Å². The molecule has 0 aliphatic rings. The molecule has 0 bridgehead atoms. The van der Waals surface area contributed by atoms with Crippen molar-refractivity contribution in [1.29, 1.82) is 0 Å². The van der Waals surface area contributed by atoms with Crippen molar-refractivity contribution in [2.45, 2.75) is 33.2 Å². The molecule has 0 saturated heterocycles. The summed E-state index contributed by atoms with van der Waals surface area (Å²) in [5.41, 5.74) is 0.814. The van der Waals surface area contributed by atoms with Crippen LogP contribution >= 0.6 is 12.4 Å². The molecule has 1 unspecified atom stereocenters. The van der Waals surface area contributed by atoms with Gasteiger partial charge in [-0.25, -0.2) is 0 Å². The first-order valence-electron chi connectivity index (χ1n) is 6.45. The number of carbonyl (C=O) groups excluding carboxylic acids is 1. The summed E-state index contributed by atoms with van der Waals surface area (Å²) in [7, 11) is 1.89. The van der Waals surface area contributed by atoms with Crippen molar-refractivity contribution < 1.29 is 4.79 Å². The van der Waals surface area contributed by atoms with E-state index in [1.165, 1.54) is 5.56 Å². The van der Waals surface area contributed by atoms with Crippen LogP contribution in [0.25, 0.3) is 0 Å². The lowest BCUT2D eigenvalue weighted by Gasteiger charge is -2.24. The van der Waals surface area contributed by atoms with Crippen LogP contribution in [-0.4, -0.2) is 25.5 Å². The Balaban J connectivity index is 0.00000324. The normalized spacial score (nSPS) is 12.4. The molecular weight excluding hydrogens is 260 g/mol. The zero-order chi connectivity index (χ0) is 13.6. The Kier molecular flexibility index (Phi) is 7.72. The maximum atomic E-state index is 12.2. The summed E-state index contributed by atoms with van der Waals surface area (Å²) in [4.78, 5) is 12.2. The molecule has 1 amide bonds. The molecule has 0 fully saturated rings. The van der Waals surface area contributed by atoms with Crippen LogP contribution < -0.4 is 10.6 Å². The van der Waals surface area contributed by atoms with Crippen LogP contribution in [0.5, 0.6) is 0 Å². The molecule has 4 heteroatoms. The Morgan fingerprint density at radius 2 is 1.84 bits per heavy atom. The second-order valence-electron chi connectivity index (χ2n) is 5.45. The Labute approximate surface area is 122 Å². The highest BCUT2D eigenvalue weighted by Crippen LogP contribution is 2.21. The summed E-state index contributed by atoms with van der Waals surface area (Å²) < 4.78 is 0. The molecule has 0 radical (unpaired) electrons. The maximum absolute atomic E-state index is 12.2. The van der Waals surface area contributed by atoms with Gasteiger partial charge in [-0.15, -0.1) is 12.4 Å².